The Morgan fingerprint density at radius 2 is 1.06 bits per heavy atom. The minimum absolute atomic E-state index is 0. The van der Waals surface area contributed by atoms with Crippen molar-refractivity contribution in [3.05, 3.63) is 0 Å². The fraction of sp³-hybridized carbons (Fsp3) is 1.00. The van der Waals surface area contributed by atoms with Crippen molar-refractivity contribution in [1.82, 2.24) is 0 Å². The van der Waals surface area contributed by atoms with Crippen LogP contribution < -0.4 is 0 Å². The molecule has 0 heterocycles. The maximum atomic E-state index is 9.76. The first kappa shape index (κ1) is 22.7. The SMILES string of the molecule is CCC(O)S(=O)(=O)[O-].CCC(O)S(=O)(=O)[O-].[Sn+2]. The number of aliphatic hydroxyl groups is 2. The van der Waals surface area contributed by atoms with E-state index in [1.54, 1.807) is 0 Å². The summed E-state index contributed by atoms with van der Waals surface area (Å²) in [5, 5.41) is 16.6. The Bertz CT molecular complexity index is 337. The first-order valence-corrected chi connectivity index (χ1v) is 7.16. The van der Waals surface area contributed by atoms with E-state index in [1.165, 1.54) is 13.8 Å². The van der Waals surface area contributed by atoms with Crippen LogP contribution >= 0.6 is 0 Å². The van der Waals surface area contributed by atoms with Crippen LogP contribution in [0.5, 0.6) is 0 Å². The van der Waals surface area contributed by atoms with E-state index in [0.29, 0.717) is 0 Å². The van der Waals surface area contributed by atoms with Gasteiger partial charge in [-0.15, -0.1) is 0 Å². The van der Waals surface area contributed by atoms with Crippen molar-refractivity contribution in [3.63, 3.8) is 0 Å². The summed E-state index contributed by atoms with van der Waals surface area (Å²) in [6.45, 7) is 2.83. The zero-order valence-corrected chi connectivity index (χ0v) is 13.7. The number of rotatable bonds is 4. The Morgan fingerprint density at radius 3 is 1.06 bits per heavy atom. The first-order chi connectivity index (χ1) is 6.96. The van der Waals surface area contributed by atoms with Crippen LogP contribution in [0, 0.1) is 0 Å². The van der Waals surface area contributed by atoms with Crippen molar-refractivity contribution in [2.24, 2.45) is 0 Å². The van der Waals surface area contributed by atoms with Gasteiger partial charge in [0.25, 0.3) is 0 Å². The summed E-state index contributed by atoms with van der Waals surface area (Å²) in [6, 6.07) is 0. The third kappa shape index (κ3) is 12.8. The van der Waals surface area contributed by atoms with E-state index in [-0.39, 0.29) is 36.7 Å². The molecule has 0 saturated heterocycles. The number of hydrogen-bond acceptors (Lipinski definition) is 8. The summed E-state index contributed by atoms with van der Waals surface area (Å²) in [7, 11) is -8.89. The molecule has 0 aromatic heterocycles. The molecule has 102 valence electrons. The molecule has 0 fully saturated rings. The Labute approximate surface area is 117 Å². The molecule has 0 rings (SSSR count). The van der Waals surface area contributed by atoms with Crippen molar-refractivity contribution >= 4 is 44.1 Å². The second kappa shape index (κ2) is 9.47. The molecule has 0 saturated carbocycles. The van der Waals surface area contributed by atoms with Gasteiger partial charge in [0.15, 0.2) is 0 Å². The van der Waals surface area contributed by atoms with Crippen LogP contribution in [0.2, 0.25) is 0 Å². The molecule has 17 heavy (non-hydrogen) atoms. The van der Waals surface area contributed by atoms with Crippen molar-refractivity contribution in [2.75, 3.05) is 0 Å². The molecule has 11 heteroatoms. The van der Waals surface area contributed by atoms with E-state index in [0.717, 1.165) is 0 Å². The molecular formula is C6H14O8S2Sn. The number of hydrogen-bond donors (Lipinski definition) is 2. The molecule has 0 aromatic rings. The van der Waals surface area contributed by atoms with Crippen LogP contribution in [0.15, 0.2) is 0 Å². The molecule has 0 aliphatic heterocycles. The maximum Gasteiger partial charge on any atom is 2.00 e. The van der Waals surface area contributed by atoms with Crippen molar-refractivity contribution in [3.8, 4) is 0 Å². The summed E-state index contributed by atoms with van der Waals surface area (Å²) in [6.07, 6.45) is -0.0995. The zero-order chi connectivity index (χ0) is 13.6. The van der Waals surface area contributed by atoms with Gasteiger partial charge in [0, 0.05) is 0 Å². The van der Waals surface area contributed by atoms with E-state index >= 15 is 0 Å². The summed E-state index contributed by atoms with van der Waals surface area (Å²) < 4.78 is 58.5. The van der Waals surface area contributed by atoms with Gasteiger partial charge in [0.2, 0.25) is 0 Å². The van der Waals surface area contributed by atoms with Gasteiger partial charge in [-0.2, -0.15) is 0 Å². The monoisotopic (exact) mass is 398 g/mol. The Balaban J connectivity index is -0.000000218. The van der Waals surface area contributed by atoms with Gasteiger partial charge in [-0.05, 0) is 12.8 Å². The van der Waals surface area contributed by atoms with Crippen LogP contribution in [-0.2, 0) is 20.2 Å². The topological polar surface area (TPSA) is 155 Å². The van der Waals surface area contributed by atoms with Gasteiger partial charge in [0.05, 0.1) is 0 Å². The first-order valence-electron chi connectivity index (χ1n) is 4.22. The molecule has 2 N–H and O–H groups in total. The maximum absolute atomic E-state index is 9.76. The smallest absolute Gasteiger partial charge is 0.746 e. The van der Waals surface area contributed by atoms with Gasteiger partial charge in [-0.25, -0.2) is 16.8 Å². The Hall–Kier alpha value is 0.539. The summed E-state index contributed by atoms with van der Waals surface area (Å²) in [4.78, 5) is 0. The molecule has 2 atom stereocenters. The summed E-state index contributed by atoms with van der Waals surface area (Å²) >= 11 is 0. The van der Waals surface area contributed by atoms with E-state index in [9.17, 15) is 25.9 Å². The molecule has 0 amide bonds. The van der Waals surface area contributed by atoms with Gasteiger partial charge in [-0.3, -0.25) is 0 Å². The molecule has 2 radical (unpaired) electrons. The van der Waals surface area contributed by atoms with Crippen LogP contribution in [-0.4, -0.2) is 70.9 Å². The van der Waals surface area contributed by atoms with Gasteiger partial charge in [-0.1, -0.05) is 13.8 Å². The second-order valence-electron chi connectivity index (χ2n) is 2.71. The largest absolute Gasteiger partial charge is 2.00 e. The van der Waals surface area contributed by atoms with Gasteiger partial charge < -0.3 is 19.3 Å². The third-order valence-corrected chi connectivity index (χ3v) is 3.36. The fourth-order valence-electron chi connectivity index (χ4n) is 0.408. The molecule has 0 bridgehead atoms. The summed E-state index contributed by atoms with van der Waals surface area (Å²) in [5.41, 5.74) is -3.47. The third-order valence-electron chi connectivity index (χ3n) is 1.36. The van der Waals surface area contributed by atoms with Crippen LogP contribution in [0.3, 0.4) is 0 Å². The normalized spacial score (nSPS) is 14.9. The minimum atomic E-state index is -4.45. The fourth-order valence-corrected chi connectivity index (χ4v) is 1.22. The van der Waals surface area contributed by atoms with Gasteiger partial charge >= 0.3 is 23.9 Å². The molecule has 0 spiro atoms. The van der Waals surface area contributed by atoms with E-state index in [2.05, 4.69) is 0 Å². The number of aliphatic hydroxyl groups excluding tert-OH is 2. The zero-order valence-electron chi connectivity index (χ0n) is 9.23. The average molecular weight is 397 g/mol. The van der Waals surface area contributed by atoms with Crippen molar-refractivity contribution in [1.29, 1.82) is 0 Å². The van der Waals surface area contributed by atoms with Crippen molar-refractivity contribution in [2.45, 2.75) is 37.6 Å². The molecule has 0 aliphatic carbocycles. The van der Waals surface area contributed by atoms with Crippen LogP contribution in [0.25, 0.3) is 0 Å². The quantitative estimate of drug-likeness (QED) is 0.414. The molecule has 0 aromatic carbocycles. The average Bonchev–Trinajstić information content (AvgIpc) is 2.13. The standard InChI is InChI=1S/2C3H8O4S.Sn/c2*1-2-3(4)8(5,6)7;/h2*3-4H,2H2,1H3,(H,5,6,7);/q;;+2/p-2. The molecule has 2 unspecified atom stereocenters. The van der Waals surface area contributed by atoms with Crippen LogP contribution in [0.1, 0.15) is 26.7 Å². The van der Waals surface area contributed by atoms with E-state index < -0.39 is 31.1 Å². The Kier molecular flexibility index (Phi) is 12.6. The van der Waals surface area contributed by atoms with Crippen molar-refractivity contribution < 1.29 is 36.2 Å². The predicted molar refractivity (Wildman–Crippen MR) is 57.7 cm³/mol. The predicted octanol–water partition coefficient (Wildman–Crippen LogP) is -1.86. The minimum Gasteiger partial charge on any atom is -0.746 e. The van der Waals surface area contributed by atoms with Gasteiger partial charge in [0.1, 0.15) is 31.1 Å². The van der Waals surface area contributed by atoms with E-state index in [1.807, 2.05) is 0 Å². The Morgan fingerprint density at radius 1 is 0.882 bits per heavy atom. The second-order valence-corrected chi connectivity index (χ2v) is 5.77. The molecule has 0 aliphatic rings. The molecule has 8 nitrogen and oxygen atoms in total. The molecular weight excluding hydrogens is 383 g/mol. The summed E-state index contributed by atoms with van der Waals surface area (Å²) in [5.74, 6) is 0. The van der Waals surface area contributed by atoms with Crippen LogP contribution in [0.4, 0.5) is 0 Å². The van der Waals surface area contributed by atoms with E-state index in [4.69, 9.17) is 10.2 Å².